The number of piperazine rings is 1. The first kappa shape index (κ1) is 24.5. The van der Waals surface area contributed by atoms with Crippen LogP contribution in [0.15, 0.2) is 23.6 Å². The molecule has 3 heterocycles. The predicted molar refractivity (Wildman–Crippen MR) is 143 cm³/mol. The van der Waals surface area contributed by atoms with Crippen molar-refractivity contribution in [2.24, 2.45) is 5.92 Å². The number of benzene rings is 1. The maximum atomic E-state index is 12.9. The van der Waals surface area contributed by atoms with Gasteiger partial charge >= 0.3 is 6.03 Å². The first-order valence-corrected chi connectivity index (χ1v) is 14.1. The van der Waals surface area contributed by atoms with E-state index >= 15 is 0 Å². The van der Waals surface area contributed by atoms with Crippen molar-refractivity contribution in [1.82, 2.24) is 19.7 Å². The van der Waals surface area contributed by atoms with Crippen LogP contribution < -0.4 is 10.1 Å². The van der Waals surface area contributed by atoms with E-state index in [1.54, 1.807) is 7.11 Å². The Kier molecular flexibility index (Phi) is 7.90. The van der Waals surface area contributed by atoms with Crippen molar-refractivity contribution >= 4 is 22.5 Å². The molecule has 7 nitrogen and oxygen atoms in total. The van der Waals surface area contributed by atoms with Crippen LogP contribution in [0.2, 0.25) is 0 Å². The standard InChI is InChI=1S/C27H39N5O2S/c1-30-11-5-6-20(17-30)18-31-12-14-32(15-13-31)27(33)29-26-28-24(19-35-26)23-16-22(9-10-25(23)34-2)21-7-3-4-8-21/h9-10,16,19-21H,3-8,11-15,17-18H2,1-2H3,(H,28,29,33). The number of nitrogens with zero attached hydrogens (tertiary/aromatic N) is 4. The number of thiazole rings is 1. The lowest BCUT2D eigenvalue weighted by atomic mass is 9.95. The topological polar surface area (TPSA) is 60.9 Å². The highest BCUT2D eigenvalue weighted by Crippen LogP contribution is 2.39. The van der Waals surface area contributed by atoms with Crippen LogP contribution in [0.5, 0.6) is 5.75 Å². The number of ether oxygens (including phenoxy) is 1. The molecular formula is C27H39N5O2S. The Bertz CT molecular complexity index is 997. The van der Waals surface area contributed by atoms with Gasteiger partial charge in [0.25, 0.3) is 0 Å². The summed E-state index contributed by atoms with van der Waals surface area (Å²) in [7, 11) is 3.93. The van der Waals surface area contributed by atoms with Crippen molar-refractivity contribution in [2.75, 3.05) is 65.3 Å². The molecule has 2 amide bonds. The van der Waals surface area contributed by atoms with Crippen LogP contribution in [-0.2, 0) is 0 Å². The lowest BCUT2D eigenvalue weighted by Gasteiger charge is -2.38. The van der Waals surface area contributed by atoms with Crippen molar-refractivity contribution in [2.45, 2.75) is 44.4 Å². The lowest BCUT2D eigenvalue weighted by molar-refractivity contribution is 0.109. The second-order valence-corrected chi connectivity index (χ2v) is 11.3. The first-order valence-electron chi connectivity index (χ1n) is 13.2. The number of nitrogens with one attached hydrogen (secondary N) is 1. The van der Waals surface area contributed by atoms with Crippen molar-refractivity contribution in [3.05, 3.63) is 29.1 Å². The molecule has 5 rings (SSSR count). The Morgan fingerprint density at radius 2 is 1.91 bits per heavy atom. The predicted octanol–water partition coefficient (Wildman–Crippen LogP) is 4.97. The number of aromatic nitrogens is 1. The fourth-order valence-corrected chi connectivity index (χ4v) is 6.69. The summed E-state index contributed by atoms with van der Waals surface area (Å²) in [6.07, 6.45) is 7.77. The molecule has 1 atom stereocenters. The molecule has 1 aromatic carbocycles. The van der Waals surface area contributed by atoms with Crippen LogP contribution in [0.25, 0.3) is 11.3 Å². The summed E-state index contributed by atoms with van der Waals surface area (Å²) in [5, 5.41) is 5.70. The Balaban J connectivity index is 1.17. The van der Waals surface area contributed by atoms with E-state index in [4.69, 9.17) is 9.72 Å². The van der Waals surface area contributed by atoms with Crippen LogP contribution in [-0.4, -0.2) is 85.7 Å². The molecule has 1 aromatic heterocycles. The van der Waals surface area contributed by atoms with Gasteiger partial charge in [-0.1, -0.05) is 18.9 Å². The highest BCUT2D eigenvalue weighted by atomic mass is 32.1. The molecule has 0 radical (unpaired) electrons. The van der Waals surface area contributed by atoms with E-state index in [1.807, 2.05) is 10.3 Å². The second-order valence-electron chi connectivity index (χ2n) is 10.5. The van der Waals surface area contributed by atoms with Crippen LogP contribution in [0.4, 0.5) is 9.93 Å². The number of rotatable bonds is 6. The van der Waals surface area contributed by atoms with E-state index in [-0.39, 0.29) is 6.03 Å². The number of hydrogen-bond donors (Lipinski definition) is 1. The van der Waals surface area contributed by atoms with Gasteiger partial charge in [0.05, 0.1) is 12.8 Å². The molecule has 0 spiro atoms. The van der Waals surface area contributed by atoms with Gasteiger partial charge in [-0.2, -0.15) is 0 Å². The molecule has 3 aliphatic rings. The van der Waals surface area contributed by atoms with Crippen molar-refractivity contribution in [3.63, 3.8) is 0 Å². The molecule has 2 aromatic rings. The van der Waals surface area contributed by atoms with Crippen LogP contribution >= 0.6 is 11.3 Å². The van der Waals surface area contributed by atoms with Crippen molar-refractivity contribution < 1.29 is 9.53 Å². The third kappa shape index (κ3) is 5.98. The highest BCUT2D eigenvalue weighted by Gasteiger charge is 2.26. The fourth-order valence-electron chi connectivity index (χ4n) is 5.99. The quantitative estimate of drug-likeness (QED) is 0.611. The van der Waals surface area contributed by atoms with Crippen LogP contribution in [0, 0.1) is 5.92 Å². The number of likely N-dealkylation sites (tertiary alicyclic amines) is 1. The van der Waals surface area contributed by atoms with E-state index in [9.17, 15) is 4.79 Å². The molecule has 0 bridgehead atoms. The molecule has 2 saturated heterocycles. The van der Waals surface area contributed by atoms with Crippen molar-refractivity contribution in [3.8, 4) is 17.0 Å². The van der Waals surface area contributed by atoms with Gasteiger partial charge < -0.3 is 14.5 Å². The van der Waals surface area contributed by atoms with Gasteiger partial charge in [0.15, 0.2) is 5.13 Å². The number of piperidine rings is 1. The molecule has 1 saturated carbocycles. The van der Waals surface area contributed by atoms with Gasteiger partial charge in [-0.25, -0.2) is 9.78 Å². The smallest absolute Gasteiger partial charge is 0.323 e. The minimum absolute atomic E-state index is 0.0466. The molecule has 3 fully saturated rings. The van der Waals surface area contributed by atoms with E-state index in [2.05, 4.69) is 40.4 Å². The number of anilines is 1. The molecule has 35 heavy (non-hydrogen) atoms. The minimum atomic E-state index is -0.0466. The normalized spacial score (nSPS) is 22.5. The number of methoxy groups -OCH3 is 1. The zero-order valence-corrected chi connectivity index (χ0v) is 22.0. The molecule has 1 N–H and O–H groups in total. The third-order valence-corrected chi connectivity index (χ3v) is 8.70. The summed E-state index contributed by atoms with van der Waals surface area (Å²) in [6.45, 7) is 7.00. The van der Waals surface area contributed by atoms with Gasteiger partial charge in [-0.05, 0) is 68.8 Å². The number of carbonyl (C=O) groups is 1. The number of hydrogen-bond acceptors (Lipinski definition) is 6. The molecule has 2 aliphatic heterocycles. The second kappa shape index (κ2) is 11.3. The van der Waals surface area contributed by atoms with E-state index < -0.39 is 0 Å². The fraction of sp³-hybridized carbons (Fsp3) is 0.630. The first-order chi connectivity index (χ1) is 17.1. The van der Waals surface area contributed by atoms with Gasteiger partial charge in [0.2, 0.25) is 0 Å². The summed E-state index contributed by atoms with van der Waals surface area (Å²) in [4.78, 5) is 24.6. The Morgan fingerprint density at radius 3 is 2.66 bits per heavy atom. The average Bonchev–Trinajstić information content (AvgIpc) is 3.57. The van der Waals surface area contributed by atoms with Gasteiger partial charge in [-0.15, -0.1) is 11.3 Å². The summed E-state index contributed by atoms with van der Waals surface area (Å²) < 4.78 is 5.63. The number of urea groups is 1. The third-order valence-electron chi connectivity index (χ3n) is 7.94. The maximum Gasteiger partial charge on any atom is 0.323 e. The average molecular weight is 498 g/mol. The lowest BCUT2D eigenvalue weighted by Crippen LogP contribution is -2.51. The number of carbonyl (C=O) groups excluding carboxylic acids is 1. The van der Waals surface area contributed by atoms with E-state index in [0.29, 0.717) is 11.0 Å². The Hall–Kier alpha value is -2.16. The molecule has 1 aliphatic carbocycles. The SMILES string of the molecule is COc1ccc(C2CCCC2)cc1-c1csc(NC(=O)N2CCN(CC3CCCN(C)C3)CC2)n1. The molecule has 8 heteroatoms. The molecule has 1 unspecified atom stereocenters. The Morgan fingerprint density at radius 1 is 1.11 bits per heavy atom. The summed E-state index contributed by atoms with van der Waals surface area (Å²) in [5.41, 5.74) is 3.24. The van der Waals surface area contributed by atoms with E-state index in [0.717, 1.165) is 55.6 Å². The van der Waals surface area contributed by atoms with Crippen molar-refractivity contribution in [1.29, 1.82) is 0 Å². The van der Waals surface area contributed by atoms with E-state index in [1.165, 1.54) is 68.5 Å². The van der Waals surface area contributed by atoms with Gasteiger partial charge in [-0.3, -0.25) is 10.2 Å². The maximum absolute atomic E-state index is 12.9. The minimum Gasteiger partial charge on any atom is -0.496 e. The zero-order chi connectivity index (χ0) is 24.2. The molecular weight excluding hydrogens is 458 g/mol. The van der Waals surface area contributed by atoms with Gasteiger partial charge in [0, 0.05) is 50.2 Å². The largest absolute Gasteiger partial charge is 0.496 e. The zero-order valence-electron chi connectivity index (χ0n) is 21.2. The van der Waals surface area contributed by atoms with Gasteiger partial charge in [0.1, 0.15) is 5.75 Å². The Labute approximate surface area is 213 Å². The summed E-state index contributed by atoms with van der Waals surface area (Å²) in [6, 6.07) is 6.44. The summed E-state index contributed by atoms with van der Waals surface area (Å²) in [5.74, 6) is 2.22. The monoisotopic (exact) mass is 497 g/mol. The summed E-state index contributed by atoms with van der Waals surface area (Å²) >= 11 is 1.48. The highest BCUT2D eigenvalue weighted by molar-refractivity contribution is 7.14. The molecule has 190 valence electrons. The van der Waals surface area contributed by atoms with Crippen LogP contribution in [0.3, 0.4) is 0 Å². The van der Waals surface area contributed by atoms with Crippen LogP contribution in [0.1, 0.15) is 50.0 Å². The number of amides is 2.